The largest absolute Gasteiger partial charge is 0.355 e. The zero-order valence-electron chi connectivity index (χ0n) is 14.4. The second-order valence-electron chi connectivity index (χ2n) is 5.52. The van der Waals surface area contributed by atoms with Crippen molar-refractivity contribution in [1.29, 1.82) is 0 Å². The monoisotopic (exact) mass is 376 g/mol. The van der Waals surface area contributed by atoms with Gasteiger partial charge < -0.3 is 21.3 Å². The molecule has 2 aromatic carbocycles. The third-order valence-electron chi connectivity index (χ3n) is 3.37. The number of anilines is 2. The van der Waals surface area contributed by atoms with Crippen molar-refractivity contribution in [2.75, 3.05) is 23.7 Å². The highest BCUT2D eigenvalue weighted by molar-refractivity contribution is 6.00. The SMILES string of the molecule is CC(=O)NCCNC(=O)c1ccc(NC(=O)Nc2cc(F)ccc2F)cc1. The zero-order chi connectivity index (χ0) is 19.8. The summed E-state index contributed by atoms with van der Waals surface area (Å²) in [5.41, 5.74) is 0.432. The standard InChI is InChI=1S/C18H18F2N4O3/c1-11(25)21-8-9-22-17(26)12-2-5-14(6-3-12)23-18(27)24-16-10-13(19)4-7-15(16)20/h2-7,10H,8-9H2,1H3,(H,21,25)(H,22,26)(H2,23,24,27). The van der Waals surface area contributed by atoms with Crippen molar-refractivity contribution in [3.8, 4) is 0 Å². The van der Waals surface area contributed by atoms with E-state index in [9.17, 15) is 23.2 Å². The molecule has 2 rings (SSSR count). The van der Waals surface area contributed by atoms with Crippen molar-refractivity contribution in [3.63, 3.8) is 0 Å². The van der Waals surface area contributed by atoms with Gasteiger partial charge in [0.2, 0.25) is 5.91 Å². The zero-order valence-corrected chi connectivity index (χ0v) is 14.4. The van der Waals surface area contributed by atoms with E-state index in [2.05, 4.69) is 21.3 Å². The fourth-order valence-electron chi connectivity index (χ4n) is 2.10. The lowest BCUT2D eigenvalue weighted by Gasteiger charge is -2.09. The van der Waals surface area contributed by atoms with Gasteiger partial charge >= 0.3 is 6.03 Å². The topological polar surface area (TPSA) is 99.3 Å². The maximum Gasteiger partial charge on any atom is 0.323 e. The van der Waals surface area contributed by atoms with E-state index in [1.54, 1.807) is 0 Å². The Kier molecular flexibility index (Phi) is 6.81. The summed E-state index contributed by atoms with van der Waals surface area (Å²) in [7, 11) is 0. The van der Waals surface area contributed by atoms with E-state index in [1.807, 2.05) is 0 Å². The van der Waals surface area contributed by atoms with Crippen LogP contribution in [0.3, 0.4) is 0 Å². The third-order valence-corrected chi connectivity index (χ3v) is 3.37. The van der Waals surface area contributed by atoms with Crippen LogP contribution >= 0.6 is 0 Å². The first-order valence-electron chi connectivity index (χ1n) is 8.01. The minimum Gasteiger partial charge on any atom is -0.355 e. The molecule has 0 aliphatic carbocycles. The molecule has 4 N–H and O–H groups in total. The number of rotatable bonds is 6. The van der Waals surface area contributed by atoms with Gasteiger partial charge in [0.1, 0.15) is 11.6 Å². The van der Waals surface area contributed by atoms with Gasteiger partial charge in [-0.2, -0.15) is 0 Å². The second-order valence-corrected chi connectivity index (χ2v) is 5.52. The van der Waals surface area contributed by atoms with E-state index in [-0.39, 0.29) is 24.0 Å². The Labute approximate surface area is 154 Å². The Morgan fingerprint density at radius 1 is 0.889 bits per heavy atom. The van der Waals surface area contributed by atoms with Crippen LogP contribution in [0.25, 0.3) is 0 Å². The molecule has 0 aromatic heterocycles. The van der Waals surface area contributed by atoms with Crippen molar-refractivity contribution in [2.45, 2.75) is 6.92 Å². The second kappa shape index (κ2) is 9.27. The lowest BCUT2D eigenvalue weighted by molar-refractivity contribution is -0.118. The lowest BCUT2D eigenvalue weighted by atomic mass is 10.2. The van der Waals surface area contributed by atoms with Crippen molar-refractivity contribution in [1.82, 2.24) is 10.6 Å². The summed E-state index contributed by atoms with van der Waals surface area (Å²) in [5, 5.41) is 9.83. The maximum absolute atomic E-state index is 13.5. The minimum atomic E-state index is -0.766. The first-order chi connectivity index (χ1) is 12.8. The molecule has 4 amide bonds. The van der Waals surface area contributed by atoms with E-state index in [1.165, 1.54) is 31.2 Å². The molecule has 0 heterocycles. The summed E-state index contributed by atoms with van der Waals surface area (Å²) in [6.45, 7) is 1.98. The summed E-state index contributed by atoms with van der Waals surface area (Å²) in [6.07, 6.45) is 0. The van der Waals surface area contributed by atoms with E-state index in [0.717, 1.165) is 18.2 Å². The van der Waals surface area contributed by atoms with Crippen LogP contribution in [0.1, 0.15) is 17.3 Å². The number of amides is 4. The fourth-order valence-corrected chi connectivity index (χ4v) is 2.10. The average molecular weight is 376 g/mol. The van der Waals surface area contributed by atoms with Crippen LogP contribution in [0.15, 0.2) is 42.5 Å². The minimum absolute atomic E-state index is 0.184. The number of carbonyl (C=O) groups excluding carboxylic acids is 3. The van der Waals surface area contributed by atoms with Gasteiger partial charge in [0.25, 0.3) is 5.91 Å². The number of halogens is 2. The number of urea groups is 1. The fraction of sp³-hybridized carbons (Fsp3) is 0.167. The summed E-state index contributed by atoms with van der Waals surface area (Å²) in [6, 6.07) is 7.92. The molecule has 0 bridgehead atoms. The van der Waals surface area contributed by atoms with Gasteiger partial charge in [-0.05, 0) is 36.4 Å². The first-order valence-corrected chi connectivity index (χ1v) is 8.01. The first kappa shape index (κ1) is 19.8. The van der Waals surface area contributed by atoms with Crippen LogP contribution in [0.2, 0.25) is 0 Å². The molecule has 0 aliphatic rings. The van der Waals surface area contributed by atoms with Gasteiger partial charge in [-0.15, -0.1) is 0 Å². The van der Waals surface area contributed by atoms with Gasteiger partial charge in [-0.1, -0.05) is 0 Å². The Bertz CT molecular complexity index is 841. The van der Waals surface area contributed by atoms with Crippen molar-refractivity contribution >= 4 is 29.2 Å². The van der Waals surface area contributed by atoms with E-state index in [0.29, 0.717) is 17.8 Å². The van der Waals surface area contributed by atoms with Gasteiger partial charge in [-0.25, -0.2) is 13.6 Å². The highest BCUT2D eigenvalue weighted by atomic mass is 19.1. The van der Waals surface area contributed by atoms with Crippen LogP contribution in [0.5, 0.6) is 0 Å². The summed E-state index contributed by atoms with van der Waals surface area (Å²) in [4.78, 5) is 34.5. The van der Waals surface area contributed by atoms with Gasteiger partial charge in [0.15, 0.2) is 0 Å². The highest BCUT2D eigenvalue weighted by Gasteiger charge is 2.09. The van der Waals surface area contributed by atoms with Crippen molar-refractivity contribution in [2.24, 2.45) is 0 Å². The lowest BCUT2D eigenvalue weighted by Crippen LogP contribution is -2.33. The normalized spacial score (nSPS) is 10.0. The van der Waals surface area contributed by atoms with Crippen LogP contribution in [-0.2, 0) is 4.79 Å². The number of hydrogen-bond acceptors (Lipinski definition) is 3. The van der Waals surface area contributed by atoms with Crippen LogP contribution in [-0.4, -0.2) is 30.9 Å². The third kappa shape index (κ3) is 6.38. The molecule has 7 nitrogen and oxygen atoms in total. The molecular formula is C18H18F2N4O3. The molecule has 0 unspecified atom stereocenters. The maximum atomic E-state index is 13.5. The van der Waals surface area contributed by atoms with Crippen LogP contribution in [0, 0.1) is 11.6 Å². The van der Waals surface area contributed by atoms with Crippen molar-refractivity contribution < 1.29 is 23.2 Å². The summed E-state index contributed by atoms with van der Waals surface area (Å²) in [5.74, 6) is -1.97. The molecule has 0 atom stereocenters. The van der Waals surface area contributed by atoms with Gasteiger partial charge in [0, 0.05) is 37.3 Å². The molecular weight excluding hydrogens is 358 g/mol. The molecule has 142 valence electrons. The predicted molar refractivity (Wildman–Crippen MR) is 96.5 cm³/mol. The Morgan fingerprint density at radius 2 is 1.56 bits per heavy atom. The smallest absolute Gasteiger partial charge is 0.323 e. The molecule has 2 aromatic rings. The number of carbonyl (C=O) groups is 3. The van der Waals surface area contributed by atoms with E-state index < -0.39 is 17.7 Å². The molecule has 0 radical (unpaired) electrons. The number of hydrogen-bond donors (Lipinski definition) is 4. The van der Waals surface area contributed by atoms with Crippen LogP contribution in [0.4, 0.5) is 25.0 Å². The molecule has 0 saturated heterocycles. The van der Waals surface area contributed by atoms with Gasteiger partial charge in [0.05, 0.1) is 5.69 Å². The molecule has 9 heteroatoms. The van der Waals surface area contributed by atoms with Crippen molar-refractivity contribution in [3.05, 3.63) is 59.7 Å². The summed E-state index contributed by atoms with van der Waals surface area (Å²) >= 11 is 0. The molecule has 0 fully saturated rings. The van der Waals surface area contributed by atoms with Gasteiger partial charge in [-0.3, -0.25) is 9.59 Å². The Balaban J connectivity index is 1.87. The molecule has 27 heavy (non-hydrogen) atoms. The average Bonchev–Trinajstić information content (AvgIpc) is 2.62. The molecule has 0 saturated carbocycles. The quantitative estimate of drug-likeness (QED) is 0.583. The van der Waals surface area contributed by atoms with Crippen LogP contribution < -0.4 is 21.3 Å². The van der Waals surface area contributed by atoms with E-state index in [4.69, 9.17) is 0 Å². The molecule has 0 aliphatic heterocycles. The summed E-state index contributed by atoms with van der Waals surface area (Å²) < 4.78 is 26.6. The highest BCUT2D eigenvalue weighted by Crippen LogP contribution is 2.16. The Hall–Kier alpha value is -3.49. The number of benzene rings is 2. The Morgan fingerprint density at radius 3 is 2.22 bits per heavy atom. The molecule has 0 spiro atoms. The number of nitrogens with one attached hydrogen (secondary N) is 4. The predicted octanol–water partition coefficient (Wildman–Crippen LogP) is 2.47. The van der Waals surface area contributed by atoms with E-state index >= 15 is 0 Å².